The molecule has 4 nitrogen and oxygen atoms in total. The number of carbonyl (C=O) groups is 2. The summed E-state index contributed by atoms with van der Waals surface area (Å²) in [6.45, 7) is 6.26. The van der Waals surface area contributed by atoms with Crippen molar-refractivity contribution < 1.29 is 19.4 Å². The zero-order valence-corrected chi connectivity index (χ0v) is 24.0. The molecule has 4 heteroatoms. The van der Waals surface area contributed by atoms with Gasteiger partial charge in [0.15, 0.2) is 0 Å². The zero-order valence-electron chi connectivity index (χ0n) is 24.0. The van der Waals surface area contributed by atoms with Crippen LogP contribution in [0, 0.1) is 11.3 Å². The first-order chi connectivity index (χ1) is 17.5. The van der Waals surface area contributed by atoms with Crippen molar-refractivity contribution in [2.75, 3.05) is 0 Å². The lowest BCUT2D eigenvalue weighted by molar-refractivity contribution is -0.168. The average Bonchev–Trinajstić information content (AvgIpc) is 2.86. The SMILES string of the molecule is CCCCCCCCCCCCC(CCCCCCCCCC)OC(=O)C1(C)C=CCCC1C(=O)O. The zero-order chi connectivity index (χ0) is 26.5. The number of unbranched alkanes of at least 4 members (excludes halogenated alkanes) is 16. The van der Waals surface area contributed by atoms with Crippen molar-refractivity contribution in [3.63, 3.8) is 0 Å². The minimum Gasteiger partial charge on any atom is -0.481 e. The van der Waals surface area contributed by atoms with Gasteiger partial charge >= 0.3 is 11.9 Å². The van der Waals surface area contributed by atoms with Gasteiger partial charge in [0.05, 0.1) is 11.3 Å². The van der Waals surface area contributed by atoms with E-state index in [9.17, 15) is 14.7 Å². The second-order valence-corrected chi connectivity index (χ2v) is 11.4. The molecule has 210 valence electrons. The van der Waals surface area contributed by atoms with E-state index in [2.05, 4.69) is 13.8 Å². The molecule has 0 aromatic carbocycles. The third-order valence-corrected chi connectivity index (χ3v) is 8.08. The number of allylic oxidation sites excluding steroid dienone is 1. The van der Waals surface area contributed by atoms with Crippen LogP contribution in [-0.2, 0) is 14.3 Å². The highest BCUT2D eigenvalue weighted by molar-refractivity contribution is 5.86. The van der Waals surface area contributed by atoms with Crippen LogP contribution in [0.15, 0.2) is 12.2 Å². The Hall–Kier alpha value is -1.32. The van der Waals surface area contributed by atoms with E-state index in [0.29, 0.717) is 12.8 Å². The molecule has 1 aliphatic rings. The summed E-state index contributed by atoms with van der Waals surface area (Å²) in [7, 11) is 0. The summed E-state index contributed by atoms with van der Waals surface area (Å²) in [6, 6.07) is 0. The summed E-state index contributed by atoms with van der Waals surface area (Å²) in [5, 5.41) is 9.70. The molecule has 0 saturated heterocycles. The largest absolute Gasteiger partial charge is 0.481 e. The van der Waals surface area contributed by atoms with Crippen molar-refractivity contribution in [1.29, 1.82) is 0 Å². The molecule has 0 aromatic rings. The van der Waals surface area contributed by atoms with Gasteiger partial charge in [-0.05, 0) is 45.4 Å². The van der Waals surface area contributed by atoms with Crippen molar-refractivity contribution in [2.45, 2.75) is 168 Å². The predicted octanol–water partition coefficient (Wildman–Crippen LogP) is 9.80. The first kappa shape index (κ1) is 32.7. The van der Waals surface area contributed by atoms with E-state index in [1.54, 1.807) is 13.0 Å². The third-order valence-electron chi connectivity index (χ3n) is 8.08. The average molecular weight is 507 g/mol. The summed E-state index contributed by atoms with van der Waals surface area (Å²) < 4.78 is 6.06. The quantitative estimate of drug-likeness (QED) is 0.0850. The molecule has 0 amide bonds. The van der Waals surface area contributed by atoms with Crippen molar-refractivity contribution in [2.24, 2.45) is 11.3 Å². The monoisotopic (exact) mass is 506 g/mol. The van der Waals surface area contributed by atoms with Crippen LogP contribution in [0.25, 0.3) is 0 Å². The van der Waals surface area contributed by atoms with Crippen LogP contribution >= 0.6 is 0 Å². The smallest absolute Gasteiger partial charge is 0.316 e. The van der Waals surface area contributed by atoms with Gasteiger partial charge < -0.3 is 9.84 Å². The van der Waals surface area contributed by atoms with Gasteiger partial charge in [-0.15, -0.1) is 0 Å². The summed E-state index contributed by atoms with van der Waals surface area (Å²) in [5.41, 5.74) is -1.06. The molecule has 0 spiro atoms. The Morgan fingerprint density at radius 1 is 0.778 bits per heavy atom. The maximum absolute atomic E-state index is 13.2. The number of carbonyl (C=O) groups excluding carboxylic acids is 1. The van der Waals surface area contributed by atoms with Crippen molar-refractivity contribution in [3.8, 4) is 0 Å². The molecular weight excluding hydrogens is 448 g/mol. The second-order valence-electron chi connectivity index (χ2n) is 11.4. The van der Waals surface area contributed by atoms with Crippen molar-refractivity contribution in [3.05, 3.63) is 12.2 Å². The Morgan fingerprint density at radius 3 is 1.61 bits per heavy atom. The maximum atomic E-state index is 13.2. The number of ether oxygens (including phenoxy) is 1. The maximum Gasteiger partial charge on any atom is 0.316 e. The molecule has 0 bridgehead atoms. The van der Waals surface area contributed by atoms with E-state index in [0.717, 1.165) is 25.7 Å². The van der Waals surface area contributed by atoms with Gasteiger partial charge in [0.25, 0.3) is 0 Å². The van der Waals surface area contributed by atoms with E-state index in [1.807, 2.05) is 6.08 Å². The molecule has 3 atom stereocenters. The van der Waals surface area contributed by atoms with Gasteiger partial charge in [0.1, 0.15) is 6.10 Å². The van der Waals surface area contributed by atoms with Gasteiger partial charge in [-0.3, -0.25) is 9.59 Å². The fourth-order valence-corrected chi connectivity index (χ4v) is 5.50. The molecule has 0 aromatic heterocycles. The lowest BCUT2D eigenvalue weighted by Crippen LogP contribution is -2.42. The molecule has 1 rings (SSSR count). The molecular formula is C32H58O4. The number of carboxylic acid groups (broad SMARTS) is 1. The number of rotatable bonds is 23. The Balaban J connectivity index is 2.47. The van der Waals surface area contributed by atoms with Crippen LogP contribution in [0.2, 0.25) is 0 Å². The standard InChI is InChI=1S/C32H58O4/c1-4-6-8-10-12-14-15-17-19-21-25-28(24-20-18-16-13-11-9-7-5-2)36-31(35)32(3)27-23-22-26-29(32)30(33)34/h23,27-29H,4-22,24-26H2,1-3H3,(H,33,34). The van der Waals surface area contributed by atoms with E-state index in [-0.39, 0.29) is 12.1 Å². The summed E-state index contributed by atoms with van der Waals surface area (Å²) in [4.78, 5) is 25.1. The fourth-order valence-electron chi connectivity index (χ4n) is 5.50. The van der Waals surface area contributed by atoms with Gasteiger partial charge in [-0.1, -0.05) is 129 Å². The van der Waals surface area contributed by atoms with Crippen molar-refractivity contribution in [1.82, 2.24) is 0 Å². The number of carboxylic acids is 1. The third kappa shape index (κ3) is 13.8. The van der Waals surface area contributed by atoms with Crippen LogP contribution in [0.1, 0.15) is 162 Å². The van der Waals surface area contributed by atoms with Gasteiger partial charge in [0, 0.05) is 0 Å². The lowest BCUT2D eigenvalue weighted by atomic mass is 9.71. The van der Waals surface area contributed by atoms with Crippen molar-refractivity contribution >= 4 is 11.9 Å². The van der Waals surface area contributed by atoms with Crippen LogP contribution < -0.4 is 0 Å². The van der Waals surface area contributed by atoms with Gasteiger partial charge in [-0.25, -0.2) is 0 Å². The van der Waals surface area contributed by atoms with E-state index >= 15 is 0 Å². The number of esters is 1. The Bertz CT molecular complexity index is 599. The minimum atomic E-state index is -1.06. The molecule has 0 saturated carbocycles. The first-order valence-corrected chi connectivity index (χ1v) is 15.6. The normalized spacial score (nSPS) is 20.4. The van der Waals surface area contributed by atoms with Crippen LogP contribution in [0.3, 0.4) is 0 Å². The number of hydrogen-bond donors (Lipinski definition) is 1. The highest BCUT2D eigenvalue weighted by Gasteiger charge is 2.46. The number of hydrogen-bond acceptors (Lipinski definition) is 3. The molecule has 36 heavy (non-hydrogen) atoms. The molecule has 0 radical (unpaired) electrons. The van der Waals surface area contributed by atoms with E-state index < -0.39 is 17.3 Å². The highest BCUT2D eigenvalue weighted by Crippen LogP contribution is 2.38. The molecule has 0 heterocycles. The second kappa shape index (κ2) is 20.7. The Labute approximate surface area is 223 Å². The summed E-state index contributed by atoms with van der Waals surface area (Å²) in [6.07, 6.45) is 29.7. The molecule has 0 fully saturated rings. The van der Waals surface area contributed by atoms with E-state index in [1.165, 1.54) is 103 Å². The molecule has 1 aliphatic carbocycles. The summed E-state index contributed by atoms with van der Waals surface area (Å²) in [5.74, 6) is -1.94. The molecule has 3 unspecified atom stereocenters. The molecule has 1 N–H and O–H groups in total. The van der Waals surface area contributed by atoms with Crippen LogP contribution in [0.5, 0.6) is 0 Å². The van der Waals surface area contributed by atoms with Gasteiger partial charge in [-0.2, -0.15) is 0 Å². The lowest BCUT2D eigenvalue weighted by Gasteiger charge is -2.34. The minimum absolute atomic E-state index is 0.0896. The summed E-state index contributed by atoms with van der Waals surface area (Å²) >= 11 is 0. The van der Waals surface area contributed by atoms with Crippen LogP contribution in [-0.4, -0.2) is 23.1 Å². The fraction of sp³-hybridized carbons (Fsp3) is 0.875. The topological polar surface area (TPSA) is 63.6 Å². The molecule has 0 aliphatic heterocycles. The van der Waals surface area contributed by atoms with Crippen LogP contribution in [0.4, 0.5) is 0 Å². The van der Waals surface area contributed by atoms with Gasteiger partial charge in [0.2, 0.25) is 0 Å². The predicted molar refractivity (Wildman–Crippen MR) is 151 cm³/mol. The first-order valence-electron chi connectivity index (χ1n) is 15.6. The van der Waals surface area contributed by atoms with E-state index in [4.69, 9.17) is 4.74 Å². The Kier molecular flexibility index (Phi) is 18.8. The highest BCUT2D eigenvalue weighted by atomic mass is 16.5. The Morgan fingerprint density at radius 2 is 1.19 bits per heavy atom. The number of aliphatic carboxylic acids is 1.